The van der Waals surface area contributed by atoms with Gasteiger partial charge in [-0.05, 0) is 136 Å². The molecule has 1 aliphatic rings. The summed E-state index contributed by atoms with van der Waals surface area (Å²) in [6.07, 6.45) is 50.3. The van der Waals surface area contributed by atoms with Crippen molar-refractivity contribution in [3.8, 4) is 0 Å². The SMILES string of the molecule is CCCCC/C=C\C/C=C\CCCCCCCCOC(C)OCC(COC(C)OCCCCCCCC/C=C\C/C=C\CCCCC)OC(O)CCCN1CCCC1. The monoisotopic (exact) mass is 818 g/mol. The van der Waals surface area contributed by atoms with Gasteiger partial charge in [0.15, 0.2) is 18.9 Å². The van der Waals surface area contributed by atoms with Crippen LogP contribution in [-0.2, 0) is 23.7 Å². The van der Waals surface area contributed by atoms with Crippen LogP contribution in [0.15, 0.2) is 48.6 Å². The van der Waals surface area contributed by atoms with Crippen LogP contribution in [0.2, 0.25) is 0 Å². The van der Waals surface area contributed by atoms with E-state index in [1.807, 2.05) is 13.8 Å². The number of likely N-dealkylation sites (tertiary alicyclic amines) is 1. The second-order valence-electron chi connectivity index (χ2n) is 16.6. The molecule has 1 aliphatic heterocycles. The number of hydrogen-bond acceptors (Lipinski definition) is 7. The van der Waals surface area contributed by atoms with Crippen molar-refractivity contribution in [1.29, 1.82) is 0 Å². The first-order chi connectivity index (χ1) is 28.5. The van der Waals surface area contributed by atoms with E-state index in [9.17, 15) is 5.11 Å². The second kappa shape index (κ2) is 43.8. The molecule has 7 heteroatoms. The number of nitrogens with zero attached hydrogens (tertiary/aromatic N) is 1. The number of allylic oxidation sites excluding steroid dienone is 8. The lowest BCUT2D eigenvalue weighted by molar-refractivity contribution is -0.219. The highest BCUT2D eigenvalue weighted by molar-refractivity contribution is 4.93. The molecule has 340 valence electrons. The number of ether oxygens (including phenoxy) is 5. The van der Waals surface area contributed by atoms with Gasteiger partial charge in [-0.25, -0.2) is 0 Å². The topological polar surface area (TPSA) is 69.6 Å². The third kappa shape index (κ3) is 38.9. The highest BCUT2D eigenvalue weighted by atomic mass is 16.7. The average molecular weight is 818 g/mol. The van der Waals surface area contributed by atoms with Gasteiger partial charge in [0.05, 0.1) is 13.2 Å². The van der Waals surface area contributed by atoms with Crippen LogP contribution in [0.4, 0.5) is 0 Å². The minimum atomic E-state index is -0.844. The fourth-order valence-electron chi connectivity index (χ4n) is 7.17. The highest BCUT2D eigenvalue weighted by Gasteiger charge is 2.19. The van der Waals surface area contributed by atoms with Gasteiger partial charge in [-0.2, -0.15) is 0 Å². The number of unbranched alkanes of at least 4 members (excludes halogenated alkanes) is 18. The Morgan fingerprint density at radius 3 is 1.31 bits per heavy atom. The van der Waals surface area contributed by atoms with Crippen LogP contribution in [-0.4, -0.2) is 81.0 Å². The van der Waals surface area contributed by atoms with Crippen molar-refractivity contribution in [2.75, 3.05) is 46.1 Å². The van der Waals surface area contributed by atoms with Crippen LogP contribution in [0, 0.1) is 0 Å². The maximum Gasteiger partial charge on any atom is 0.155 e. The quantitative estimate of drug-likeness (QED) is 0.0373. The van der Waals surface area contributed by atoms with Gasteiger partial charge in [0.1, 0.15) is 6.10 Å². The van der Waals surface area contributed by atoms with Gasteiger partial charge in [0, 0.05) is 13.2 Å². The van der Waals surface area contributed by atoms with Crippen LogP contribution in [0.25, 0.3) is 0 Å². The van der Waals surface area contributed by atoms with Crippen molar-refractivity contribution in [1.82, 2.24) is 4.90 Å². The molecule has 0 aromatic rings. The molecule has 3 unspecified atom stereocenters. The standard InChI is InChI=1S/C51H95NO6/c1-5-7-9-11-13-15-17-19-21-23-25-27-29-31-33-37-44-54-48(3)56-46-50(58-51(53)40-39-43-52-41-35-36-42-52)47-57-49(4)55-45-38-34-32-30-28-26-24-22-20-18-16-14-12-10-8-6-2/h13-16,19-22,48-51,53H,5-12,17-18,23-47H2,1-4H3/b15-13-,16-14-,21-19-,22-20-. The molecular weight excluding hydrogens is 723 g/mol. The number of hydrogen-bond donors (Lipinski definition) is 1. The zero-order chi connectivity index (χ0) is 41.8. The molecule has 3 atom stereocenters. The van der Waals surface area contributed by atoms with Gasteiger partial charge >= 0.3 is 0 Å². The molecule has 0 spiro atoms. The Bertz CT molecular complexity index is 887. The van der Waals surface area contributed by atoms with E-state index in [4.69, 9.17) is 23.7 Å². The number of rotatable bonds is 44. The molecule has 0 bridgehead atoms. The maximum atomic E-state index is 10.7. The summed E-state index contributed by atoms with van der Waals surface area (Å²) in [7, 11) is 0. The fraction of sp³-hybridized carbons (Fsp3) is 0.843. The molecule has 0 aromatic carbocycles. The Morgan fingerprint density at radius 2 is 0.879 bits per heavy atom. The Hall–Kier alpha value is -1.32. The molecule has 58 heavy (non-hydrogen) atoms. The van der Waals surface area contributed by atoms with E-state index in [1.165, 1.54) is 154 Å². The summed E-state index contributed by atoms with van der Waals surface area (Å²) in [4.78, 5) is 2.47. The molecule has 1 rings (SSSR count). The number of aliphatic hydroxyl groups is 1. The third-order valence-electron chi connectivity index (χ3n) is 10.9. The largest absolute Gasteiger partial charge is 0.368 e. The summed E-state index contributed by atoms with van der Waals surface area (Å²) in [5.74, 6) is 0. The molecule has 0 amide bonds. The second-order valence-corrected chi connectivity index (χ2v) is 16.6. The summed E-state index contributed by atoms with van der Waals surface area (Å²) < 4.78 is 30.1. The van der Waals surface area contributed by atoms with Crippen molar-refractivity contribution in [2.24, 2.45) is 0 Å². The Morgan fingerprint density at radius 1 is 0.483 bits per heavy atom. The Labute approximate surface area is 359 Å². The minimum absolute atomic E-state index is 0.298. The molecule has 0 radical (unpaired) electrons. The maximum absolute atomic E-state index is 10.7. The van der Waals surface area contributed by atoms with Crippen LogP contribution in [0.3, 0.4) is 0 Å². The lowest BCUT2D eigenvalue weighted by Crippen LogP contribution is -2.34. The van der Waals surface area contributed by atoms with E-state index in [1.54, 1.807) is 0 Å². The van der Waals surface area contributed by atoms with Gasteiger partial charge in [-0.1, -0.05) is 140 Å². The van der Waals surface area contributed by atoms with Crippen molar-refractivity contribution in [3.05, 3.63) is 48.6 Å². The Kier molecular flexibility index (Phi) is 41.3. The summed E-state index contributed by atoms with van der Waals surface area (Å²) in [5, 5.41) is 10.7. The van der Waals surface area contributed by atoms with E-state index in [0.29, 0.717) is 32.8 Å². The first kappa shape index (κ1) is 54.7. The fourth-order valence-corrected chi connectivity index (χ4v) is 7.17. The Balaban J connectivity index is 2.18. The predicted molar refractivity (Wildman–Crippen MR) is 247 cm³/mol. The van der Waals surface area contributed by atoms with E-state index < -0.39 is 12.4 Å². The molecule has 1 saturated heterocycles. The van der Waals surface area contributed by atoms with Gasteiger partial charge in [-0.15, -0.1) is 0 Å². The molecule has 0 aliphatic carbocycles. The zero-order valence-corrected chi connectivity index (χ0v) is 38.6. The zero-order valence-electron chi connectivity index (χ0n) is 38.6. The molecule has 1 heterocycles. The van der Waals surface area contributed by atoms with E-state index >= 15 is 0 Å². The lowest BCUT2D eigenvalue weighted by atomic mass is 10.1. The molecule has 1 fully saturated rings. The first-order valence-corrected chi connectivity index (χ1v) is 24.7. The number of aliphatic hydroxyl groups excluding tert-OH is 1. The lowest BCUT2D eigenvalue weighted by Gasteiger charge is -2.25. The van der Waals surface area contributed by atoms with Crippen LogP contribution >= 0.6 is 0 Å². The predicted octanol–water partition coefficient (Wildman–Crippen LogP) is 14.0. The first-order valence-electron chi connectivity index (χ1n) is 24.7. The summed E-state index contributed by atoms with van der Waals surface area (Å²) in [5.41, 5.74) is 0. The molecule has 0 aromatic heterocycles. The summed E-state index contributed by atoms with van der Waals surface area (Å²) in [6, 6.07) is 0. The van der Waals surface area contributed by atoms with Gasteiger partial charge in [0.25, 0.3) is 0 Å². The van der Waals surface area contributed by atoms with Crippen molar-refractivity contribution in [2.45, 2.75) is 232 Å². The van der Waals surface area contributed by atoms with Crippen LogP contribution < -0.4 is 0 Å². The van der Waals surface area contributed by atoms with Crippen LogP contribution in [0.1, 0.15) is 207 Å². The van der Waals surface area contributed by atoms with Gasteiger partial charge in [0.2, 0.25) is 0 Å². The molecule has 0 saturated carbocycles. The summed E-state index contributed by atoms with van der Waals surface area (Å²) >= 11 is 0. The van der Waals surface area contributed by atoms with Crippen molar-refractivity contribution < 1.29 is 28.8 Å². The highest BCUT2D eigenvalue weighted by Crippen LogP contribution is 2.14. The third-order valence-corrected chi connectivity index (χ3v) is 10.9. The summed E-state index contributed by atoms with van der Waals surface area (Å²) in [6.45, 7) is 13.7. The van der Waals surface area contributed by atoms with E-state index in [0.717, 1.165) is 38.6 Å². The molecule has 1 N–H and O–H groups in total. The molecular formula is C51H95NO6. The van der Waals surface area contributed by atoms with Crippen molar-refractivity contribution in [3.63, 3.8) is 0 Å². The minimum Gasteiger partial charge on any atom is -0.368 e. The van der Waals surface area contributed by atoms with E-state index in [2.05, 4.69) is 67.4 Å². The smallest absolute Gasteiger partial charge is 0.155 e. The van der Waals surface area contributed by atoms with Crippen molar-refractivity contribution >= 4 is 0 Å². The van der Waals surface area contributed by atoms with Crippen LogP contribution in [0.5, 0.6) is 0 Å². The van der Waals surface area contributed by atoms with E-state index in [-0.39, 0.29) is 12.6 Å². The molecule has 7 nitrogen and oxygen atoms in total. The van der Waals surface area contributed by atoms with Gasteiger partial charge < -0.3 is 33.7 Å². The van der Waals surface area contributed by atoms with Gasteiger partial charge in [-0.3, -0.25) is 0 Å². The average Bonchev–Trinajstić information content (AvgIpc) is 3.75. The normalized spacial score (nSPS) is 16.2.